The average molecular weight is 515 g/mol. The topological polar surface area (TPSA) is 144 Å². The highest BCUT2D eigenvalue weighted by Crippen LogP contribution is 2.34. The van der Waals surface area contributed by atoms with Crippen LogP contribution in [0.1, 0.15) is 16.1 Å². The number of fused-ring (bicyclic) bond motifs is 1. The Balaban J connectivity index is 1.31. The van der Waals surface area contributed by atoms with Crippen molar-refractivity contribution >= 4 is 45.7 Å². The highest BCUT2D eigenvalue weighted by atomic mass is 32.1. The Hall–Kier alpha value is -5.03. The lowest BCUT2D eigenvalue weighted by atomic mass is 10.1. The number of nitro benzene ring substituents is 1. The second-order valence-electron chi connectivity index (χ2n) is 8.07. The van der Waals surface area contributed by atoms with Crippen LogP contribution in [-0.2, 0) is 0 Å². The molecule has 2 heterocycles. The number of carbonyl (C=O) groups is 1. The molecule has 0 radical (unpaired) electrons. The summed E-state index contributed by atoms with van der Waals surface area (Å²) in [5, 5.41) is 27.0. The first kappa shape index (κ1) is 23.7. The van der Waals surface area contributed by atoms with Crippen molar-refractivity contribution < 1.29 is 23.7 Å². The van der Waals surface area contributed by atoms with E-state index in [9.17, 15) is 20.0 Å². The molecule has 184 valence electrons. The molecule has 0 spiro atoms. The predicted octanol–water partition coefficient (Wildman–Crippen LogP) is 5.80. The highest BCUT2D eigenvalue weighted by Gasteiger charge is 2.20. The number of anilines is 1. The Labute approximate surface area is 214 Å². The molecule has 0 saturated heterocycles. The second-order valence-corrected chi connectivity index (χ2v) is 8.48. The largest absolute Gasteiger partial charge is 0.507 e. The average Bonchev–Trinajstić information content (AvgIpc) is 3.52. The van der Waals surface area contributed by atoms with Crippen LogP contribution >= 0.6 is 12.2 Å². The van der Waals surface area contributed by atoms with Gasteiger partial charge in [0.2, 0.25) is 5.89 Å². The van der Waals surface area contributed by atoms with Crippen LogP contribution in [0.4, 0.5) is 11.4 Å². The fraction of sp³-hybridized carbons (Fsp3) is 0.0385. The van der Waals surface area contributed by atoms with Crippen LogP contribution in [0.25, 0.3) is 33.9 Å². The zero-order valence-corrected chi connectivity index (χ0v) is 20.0. The van der Waals surface area contributed by atoms with Crippen LogP contribution in [0.5, 0.6) is 5.75 Å². The monoisotopic (exact) mass is 514 g/mol. The minimum absolute atomic E-state index is 0.0292. The smallest absolute Gasteiger partial charge is 0.293 e. The highest BCUT2D eigenvalue weighted by molar-refractivity contribution is 7.80. The zero-order valence-electron chi connectivity index (χ0n) is 19.2. The number of aryl methyl sites for hydroxylation is 1. The number of oxazole rings is 1. The van der Waals surface area contributed by atoms with Crippen LogP contribution in [-0.4, -0.2) is 26.0 Å². The molecule has 3 N–H and O–H groups in total. The van der Waals surface area contributed by atoms with Crippen molar-refractivity contribution in [1.29, 1.82) is 0 Å². The maximum atomic E-state index is 12.6. The Morgan fingerprint density at radius 2 is 1.84 bits per heavy atom. The summed E-state index contributed by atoms with van der Waals surface area (Å²) in [6, 6.07) is 19.1. The number of aromatic nitrogens is 1. The van der Waals surface area contributed by atoms with E-state index in [1.165, 1.54) is 30.3 Å². The van der Waals surface area contributed by atoms with Gasteiger partial charge in [0.05, 0.1) is 16.1 Å². The SMILES string of the molecule is Cc1ccc2nc(-c3cc(NC(=S)NC(=O)c4ccc(-c5ccccc5[N+](=O)[O-])o4)ccc3O)oc2c1. The maximum Gasteiger partial charge on any atom is 0.293 e. The number of phenolic OH excluding ortho intramolecular Hbond substituents is 1. The lowest BCUT2D eigenvalue weighted by Crippen LogP contribution is -2.33. The number of hydrogen-bond acceptors (Lipinski definition) is 8. The predicted molar refractivity (Wildman–Crippen MR) is 140 cm³/mol. The summed E-state index contributed by atoms with van der Waals surface area (Å²) >= 11 is 5.25. The summed E-state index contributed by atoms with van der Waals surface area (Å²) in [7, 11) is 0. The number of rotatable bonds is 5. The molecule has 0 saturated carbocycles. The minimum atomic E-state index is -0.643. The Morgan fingerprint density at radius 1 is 1.03 bits per heavy atom. The molecule has 37 heavy (non-hydrogen) atoms. The van der Waals surface area contributed by atoms with E-state index in [4.69, 9.17) is 21.1 Å². The van der Waals surface area contributed by atoms with E-state index in [1.807, 2.05) is 25.1 Å². The number of phenols is 1. The van der Waals surface area contributed by atoms with Gasteiger partial charge in [-0.25, -0.2) is 4.98 Å². The van der Waals surface area contributed by atoms with Gasteiger partial charge in [-0.05, 0) is 73.2 Å². The summed E-state index contributed by atoms with van der Waals surface area (Å²) < 4.78 is 11.3. The fourth-order valence-corrected chi connectivity index (χ4v) is 3.92. The number of furan rings is 1. The zero-order chi connectivity index (χ0) is 26.1. The summed E-state index contributed by atoms with van der Waals surface area (Å²) in [4.78, 5) is 27.8. The molecule has 1 amide bonds. The molecule has 0 atom stereocenters. The van der Waals surface area contributed by atoms with Gasteiger partial charge in [0.25, 0.3) is 11.6 Å². The number of amides is 1. The van der Waals surface area contributed by atoms with E-state index in [-0.39, 0.29) is 39.5 Å². The summed E-state index contributed by atoms with van der Waals surface area (Å²) in [6.45, 7) is 1.94. The Kier molecular flexibility index (Phi) is 6.12. The van der Waals surface area contributed by atoms with Gasteiger partial charge in [-0.3, -0.25) is 20.2 Å². The molecule has 0 fully saturated rings. The van der Waals surface area contributed by atoms with Gasteiger partial charge < -0.3 is 19.3 Å². The number of nitrogens with one attached hydrogen (secondary N) is 2. The molecule has 5 rings (SSSR count). The summed E-state index contributed by atoms with van der Waals surface area (Å²) in [5.74, 6) is -0.356. The number of benzene rings is 3. The summed E-state index contributed by atoms with van der Waals surface area (Å²) in [5.41, 5.74) is 3.18. The second kappa shape index (κ2) is 9.55. The molecular weight excluding hydrogens is 496 g/mol. The van der Waals surface area contributed by atoms with Crippen LogP contribution < -0.4 is 10.6 Å². The third-order valence-corrected chi connectivity index (χ3v) is 5.66. The fourth-order valence-electron chi connectivity index (χ4n) is 3.71. The van der Waals surface area contributed by atoms with E-state index in [0.29, 0.717) is 22.4 Å². The van der Waals surface area contributed by atoms with Crippen molar-refractivity contribution in [3.63, 3.8) is 0 Å². The molecular formula is C26H18N4O6S. The lowest BCUT2D eigenvalue weighted by Gasteiger charge is -2.10. The molecule has 0 bridgehead atoms. The van der Waals surface area contributed by atoms with Crippen molar-refractivity contribution in [3.05, 3.63) is 94.2 Å². The number of hydrogen-bond donors (Lipinski definition) is 3. The van der Waals surface area contributed by atoms with E-state index in [2.05, 4.69) is 15.6 Å². The van der Waals surface area contributed by atoms with Crippen molar-refractivity contribution in [2.75, 3.05) is 5.32 Å². The Bertz CT molecular complexity index is 1690. The Morgan fingerprint density at radius 3 is 2.65 bits per heavy atom. The molecule has 0 aliphatic heterocycles. The molecule has 5 aromatic rings. The van der Waals surface area contributed by atoms with Crippen molar-refractivity contribution in [2.45, 2.75) is 6.92 Å². The lowest BCUT2D eigenvalue weighted by molar-refractivity contribution is -0.384. The normalized spacial score (nSPS) is 10.8. The first-order chi connectivity index (χ1) is 17.8. The van der Waals surface area contributed by atoms with E-state index >= 15 is 0 Å². The van der Waals surface area contributed by atoms with Crippen molar-refractivity contribution in [2.24, 2.45) is 0 Å². The van der Waals surface area contributed by atoms with Crippen molar-refractivity contribution in [1.82, 2.24) is 10.3 Å². The number of thiocarbonyl (C=S) groups is 1. The number of carbonyl (C=O) groups excluding carboxylic acids is 1. The van der Waals surface area contributed by atoms with E-state index in [1.54, 1.807) is 24.3 Å². The molecule has 11 heteroatoms. The standard InChI is InChI=1S/C26H18N4O6S/c1-14-6-8-18-23(12-14)36-25(28-18)17-13-15(7-9-20(17)31)27-26(37)29-24(32)22-11-10-21(35-22)16-4-2-3-5-19(16)30(33)34/h2-13,31H,1H3,(H2,27,29,32,37). The van der Waals surface area contributed by atoms with Crippen LogP contribution in [0.3, 0.4) is 0 Å². The third kappa shape index (κ3) is 4.88. The minimum Gasteiger partial charge on any atom is -0.507 e. The third-order valence-electron chi connectivity index (χ3n) is 5.45. The molecule has 3 aromatic carbocycles. The first-order valence-electron chi connectivity index (χ1n) is 10.9. The van der Waals surface area contributed by atoms with Gasteiger partial charge in [-0.2, -0.15) is 0 Å². The number of nitrogens with zero attached hydrogens (tertiary/aromatic N) is 2. The van der Waals surface area contributed by atoms with E-state index in [0.717, 1.165) is 5.56 Å². The van der Waals surface area contributed by atoms with Gasteiger partial charge in [0, 0.05) is 11.8 Å². The van der Waals surface area contributed by atoms with Crippen LogP contribution in [0.2, 0.25) is 0 Å². The van der Waals surface area contributed by atoms with Crippen LogP contribution in [0.15, 0.2) is 81.6 Å². The maximum absolute atomic E-state index is 12.6. The molecule has 10 nitrogen and oxygen atoms in total. The number of para-hydroxylation sites is 1. The van der Waals surface area contributed by atoms with Gasteiger partial charge in [0.15, 0.2) is 16.5 Å². The van der Waals surface area contributed by atoms with Gasteiger partial charge in [-0.15, -0.1) is 0 Å². The van der Waals surface area contributed by atoms with Gasteiger partial charge in [0.1, 0.15) is 17.0 Å². The molecule has 0 unspecified atom stereocenters. The molecule has 0 aliphatic carbocycles. The summed E-state index contributed by atoms with van der Waals surface area (Å²) in [6.07, 6.45) is 0. The quantitative estimate of drug-likeness (QED) is 0.115. The number of nitro groups is 1. The van der Waals surface area contributed by atoms with Gasteiger partial charge >= 0.3 is 0 Å². The first-order valence-corrected chi connectivity index (χ1v) is 11.4. The molecule has 0 aliphatic rings. The molecule has 2 aromatic heterocycles. The van der Waals surface area contributed by atoms with Gasteiger partial charge in [-0.1, -0.05) is 18.2 Å². The number of aromatic hydroxyl groups is 1. The van der Waals surface area contributed by atoms with E-state index < -0.39 is 10.8 Å². The van der Waals surface area contributed by atoms with Crippen LogP contribution in [0, 0.1) is 17.0 Å². The van der Waals surface area contributed by atoms with Crippen molar-refractivity contribution in [3.8, 4) is 28.5 Å².